The topological polar surface area (TPSA) is 101 Å². The normalized spacial score (nSPS) is 19.1. The molecule has 2 saturated heterocycles. The van der Waals surface area contributed by atoms with Crippen molar-refractivity contribution in [3.8, 4) is 23.0 Å². The van der Waals surface area contributed by atoms with Gasteiger partial charge in [0.2, 0.25) is 5.89 Å². The van der Waals surface area contributed by atoms with Crippen molar-refractivity contribution in [1.82, 2.24) is 20.0 Å². The van der Waals surface area contributed by atoms with E-state index in [0.29, 0.717) is 19.0 Å². The van der Waals surface area contributed by atoms with Crippen LogP contribution in [0.5, 0.6) is 11.5 Å². The number of hydrogen-bond acceptors (Lipinski definition) is 8. The van der Waals surface area contributed by atoms with Gasteiger partial charge in [-0.3, -0.25) is 9.69 Å². The number of aliphatic hydroxyl groups is 1. The maximum Gasteiger partial charge on any atom is 0.311 e. The maximum atomic E-state index is 12.9. The minimum Gasteiger partial charge on any atom is -0.497 e. The van der Waals surface area contributed by atoms with Gasteiger partial charge in [-0.25, -0.2) is 0 Å². The van der Waals surface area contributed by atoms with Gasteiger partial charge in [0, 0.05) is 51.1 Å². The van der Waals surface area contributed by atoms with Crippen molar-refractivity contribution in [2.75, 3.05) is 33.3 Å². The Bertz CT molecular complexity index is 1120. The second-order valence-electron chi connectivity index (χ2n) is 9.07. The van der Waals surface area contributed by atoms with Gasteiger partial charge in [-0.15, -0.1) is 10.2 Å². The standard InChI is InChI=1S/C26H30N4O5/c1-33-21-8-4-19(5-9-21)24-27-28-25(35-24)26(32)30-14-11-23(12-15-30)34-22-6-2-18(3-7-22)16-29-13-10-20(31)17-29/h2-9,20,23,31H,10-17H2,1H3. The molecule has 1 aromatic heterocycles. The summed E-state index contributed by atoms with van der Waals surface area (Å²) < 4.78 is 17.0. The van der Waals surface area contributed by atoms with Crippen LogP contribution in [0.4, 0.5) is 0 Å². The Morgan fingerprint density at radius 2 is 1.71 bits per heavy atom. The van der Waals surface area contributed by atoms with E-state index in [1.807, 2.05) is 24.3 Å². The molecule has 0 spiro atoms. The van der Waals surface area contributed by atoms with Gasteiger partial charge < -0.3 is 23.9 Å². The van der Waals surface area contributed by atoms with Gasteiger partial charge in [0.25, 0.3) is 0 Å². The van der Waals surface area contributed by atoms with Gasteiger partial charge in [-0.05, 0) is 48.4 Å². The molecule has 1 unspecified atom stereocenters. The third-order valence-electron chi connectivity index (χ3n) is 6.55. The van der Waals surface area contributed by atoms with Crippen LogP contribution in [-0.4, -0.2) is 76.5 Å². The highest BCUT2D eigenvalue weighted by atomic mass is 16.5. The third kappa shape index (κ3) is 5.63. The second-order valence-corrected chi connectivity index (χ2v) is 9.07. The highest BCUT2D eigenvalue weighted by molar-refractivity contribution is 5.89. The first-order chi connectivity index (χ1) is 17.1. The first kappa shape index (κ1) is 23.3. The number of benzene rings is 2. The van der Waals surface area contributed by atoms with Crippen LogP contribution in [0.1, 0.15) is 35.5 Å². The summed E-state index contributed by atoms with van der Waals surface area (Å²) in [5.74, 6) is 1.61. The molecule has 0 bridgehead atoms. The van der Waals surface area contributed by atoms with Crippen molar-refractivity contribution in [3.63, 3.8) is 0 Å². The van der Waals surface area contributed by atoms with E-state index in [9.17, 15) is 9.90 Å². The Morgan fingerprint density at radius 3 is 2.37 bits per heavy atom. The smallest absolute Gasteiger partial charge is 0.311 e. The van der Waals surface area contributed by atoms with Crippen LogP contribution in [0.15, 0.2) is 52.9 Å². The van der Waals surface area contributed by atoms with Crippen molar-refractivity contribution >= 4 is 5.91 Å². The average Bonchev–Trinajstić information content (AvgIpc) is 3.55. The van der Waals surface area contributed by atoms with E-state index in [4.69, 9.17) is 13.9 Å². The molecular weight excluding hydrogens is 448 g/mol. The van der Waals surface area contributed by atoms with E-state index >= 15 is 0 Å². The van der Waals surface area contributed by atoms with Gasteiger partial charge in [0.15, 0.2) is 0 Å². The first-order valence-corrected chi connectivity index (χ1v) is 12.0. The molecule has 9 heteroatoms. The molecule has 2 aliphatic heterocycles. The number of rotatable bonds is 7. The van der Waals surface area contributed by atoms with E-state index in [1.54, 1.807) is 24.1 Å². The number of carbonyl (C=O) groups is 1. The number of piperidine rings is 1. The molecule has 2 aromatic carbocycles. The third-order valence-corrected chi connectivity index (χ3v) is 6.55. The molecular formula is C26H30N4O5. The maximum absolute atomic E-state index is 12.9. The van der Waals surface area contributed by atoms with Crippen LogP contribution in [0.3, 0.4) is 0 Å². The summed E-state index contributed by atoms with van der Waals surface area (Å²) in [5.41, 5.74) is 1.94. The SMILES string of the molecule is COc1ccc(-c2nnc(C(=O)N3CCC(Oc4ccc(CN5CCC(O)C5)cc4)CC3)o2)cc1. The van der Waals surface area contributed by atoms with Crippen LogP contribution in [0.25, 0.3) is 11.5 Å². The number of hydrogen-bond donors (Lipinski definition) is 1. The minimum atomic E-state index is -0.257. The lowest BCUT2D eigenvalue weighted by Crippen LogP contribution is -2.41. The molecule has 9 nitrogen and oxygen atoms in total. The van der Waals surface area contributed by atoms with Crippen molar-refractivity contribution in [1.29, 1.82) is 0 Å². The Morgan fingerprint density at radius 1 is 1.00 bits per heavy atom. The number of carbonyl (C=O) groups excluding carboxylic acids is 1. The fourth-order valence-electron chi connectivity index (χ4n) is 4.55. The van der Waals surface area contributed by atoms with Crippen LogP contribution in [0.2, 0.25) is 0 Å². The van der Waals surface area contributed by atoms with Gasteiger partial charge in [0.05, 0.1) is 13.2 Å². The van der Waals surface area contributed by atoms with Gasteiger partial charge in [-0.2, -0.15) is 0 Å². The Balaban J connectivity index is 1.11. The molecule has 0 saturated carbocycles. The van der Waals surface area contributed by atoms with E-state index in [0.717, 1.165) is 56.0 Å². The zero-order valence-corrected chi connectivity index (χ0v) is 19.8. The Labute approximate surface area is 204 Å². The molecule has 184 valence electrons. The minimum absolute atomic E-state index is 0.00343. The van der Waals surface area contributed by atoms with Crippen LogP contribution >= 0.6 is 0 Å². The highest BCUT2D eigenvalue weighted by Crippen LogP contribution is 2.24. The fraction of sp³-hybridized carbons (Fsp3) is 0.423. The summed E-state index contributed by atoms with van der Waals surface area (Å²) in [6.07, 6.45) is 2.16. The zero-order chi connectivity index (χ0) is 24.2. The molecule has 2 fully saturated rings. The first-order valence-electron chi connectivity index (χ1n) is 12.0. The van der Waals surface area contributed by atoms with Gasteiger partial charge >= 0.3 is 11.8 Å². The van der Waals surface area contributed by atoms with Gasteiger partial charge in [0.1, 0.15) is 17.6 Å². The van der Waals surface area contributed by atoms with Crippen molar-refractivity contribution in [3.05, 3.63) is 60.0 Å². The number of likely N-dealkylation sites (tertiary alicyclic amines) is 2. The predicted molar refractivity (Wildman–Crippen MR) is 128 cm³/mol. The Kier molecular flexibility index (Phi) is 6.96. The Hall–Kier alpha value is -3.43. The zero-order valence-electron chi connectivity index (χ0n) is 19.8. The molecule has 1 N–H and O–H groups in total. The molecule has 2 aliphatic rings. The lowest BCUT2D eigenvalue weighted by atomic mass is 10.1. The lowest BCUT2D eigenvalue weighted by Gasteiger charge is -2.31. The largest absolute Gasteiger partial charge is 0.497 e. The summed E-state index contributed by atoms with van der Waals surface area (Å²) >= 11 is 0. The molecule has 5 rings (SSSR count). The quantitative estimate of drug-likeness (QED) is 0.553. The van der Waals surface area contributed by atoms with Crippen molar-refractivity contribution < 1.29 is 23.8 Å². The van der Waals surface area contributed by atoms with Crippen LogP contribution < -0.4 is 9.47 Å². The lowest BCUT2D eigenvalue weighted by molar-refractivity contribution is 0.0560. The van der Waals surface area contributed by atoms with E-state index in [2.05, 4.69) is 27.2 Å². The number of methoxy groups -OCH3 is 1. The van der Waals surface area contributed by atoms with E-state index in [-0.39, 0.29) is 24.0 Å². The van der Waals surface area contributed by atoms with Crippen molar-refractivity contribution in [2.24, 2.45) is 0 Å². The number of β-amino-alcohol motifs (C(OH)–C–C–N with tert-alkyl or cyclic N) is 1. The van der Waals surface area contributed by atoms with Gasteiger partial charge in [-0.1, -0.05) is 12.1 Å². The summed E-state index contributed by atoms with van der Waals surface area (Å²) in [5, 5.41) is 17.7. The van der Waals surface area contributed by atoms with Crippen LogP contribution in [-0.2, 0) is 6.54 Å². The molecule has 0 aliphatic carbocycles. The van der Waals surface area contributed by atoms with Crippen LogP contribution in [0, 0.1) is 0 Å². The van der Waals surface area contributed by atoms with E-state index in [1.165, 1.54) is 5.56 Å². The summed E-state index contributed by atoms with van der Waals surface area (Å²) in [4.78, 5) is 16.9. The van der Waals surface area contributed by atoms with E-state index < -0.39 is 0 Å². The molecule has 1 atom stereocenters. The number of aromatic nitrogens is 2. The average molecular weight is 479 g/mol. The second kappa shape index (κ2) is 10.5. The van der Waals surface area contributed by atoms with Crippen molar-refractivity contribution in [2.45, 2.75) is 38.0 Å². The molecule has 0 radical (unpaired) electrons. The number of ether oxygens (including phenoxy) is 2. The fourth-order valence-corrected chi connectivity index (χ4v) is 4.55. The molecule has 1 amide bonds. The molecule has 3 aromatic rings. The highest BCUT2D eigenvalue weighted by Gasteiger charge is 2.28. The number of aliphatic hydroxyl groups excluding tert-OH is 1. The summed E-state index contributed by atoms with van der Waals surface area (Å²) in [7, 11) is 1.60. The monoisotopic (exact) mass is 478 g/mol. The molecule has 3 heterocycles. The number of amides is 1. The summed E-state index contributed by atoms with van der Waals surface area (Å²) in [6, 6.07) is 15.4. The summed E-state index contributed by atoms with van der Waals surface area (Å²) in [6.45, 7) is 3.65. The predicted octanol–water partition coefficient (Wildman–Crippen LogP) is 3.00. The molecule has 35 heavy (non-hydrogen) atoms. The number of nitrogens with zero attached hydrogens (tertiary/aromatic N) is 4.